The number of hydrogen-bond donors (Lipinski definition) is 2. The molecule has 2 fully saturated rings. The second-order valence-electron chi connectivity index (χ2n) is 7.47. The predicted molar refractivity (Wildman–Crippen MR) is 99.8 cm³/mol. The van der Waals surface area contributed by atoms with Crippen LogP contribution in [-0.4, -0.2) is 35.4 Å². The van der Waals surface area contributed by atoms with Gasteiger partial charge in [-0.1, -0.05) is 12.1 Å². The Balaban J connectivity index is 1.37. The van der Waals surface area contributed by atoms with Crippen LogP contribution in [-0.2, 0) is 23.2 Å². The molecule has 1 saturated carbocycles. The molecule has 2 atom stereocenters. The summed E-state index contributed by atoms with van der Waals surface area (Å²) in [6, 6.07) is 7.95. The molecular weight excluding hydrogens is 328 g/mol. The first-order valence-electron chi connectivity index (χ1n) is 9.36. The standard InChI is InChI=1S/C20H26N4O2/c1-24-11-16(8-22-24)18-9-21-10-19(18)20(25)23-17-4-2-3-15(7-17)13-26-12-14-5-6-14/h2-4,7-8,11,14,18-19,21H,5-6,9-10,12-13H2,1H3,(H,23,25)/t18-,19+/m1/s1. The first kappa shape index (κ1) is 17.2. The molecule has 1 aromatic carbocycles. The largest absolute Gasteiger partial charge is 0.376 e. The molecule has 2 N–H and O–H groups in total. The quantitative estimate of drug-likeness (QED) is 0.800. The molecular formula is C20H26N4O2. The van der Waals surface area contributed by atoms with E-state index in [9.17, 15) is 4.79 Å². The average molecular weight is 354 g/mol. The van der Waals surface area contributed by atoms with Crippen molar-refractivity contribution in [1.82, 2.24) is 15.1 Å². The molecule has 2 aromatic rings. The number of carbonyl (C=O) groups is 1. The second-order valence-corrected chi connectivity index (χ2v) is 7.47. The summed E-state index contributed by atoms with van der Waals surface area (Å²) in [6.45, 7) is 2.94. The lowest BCUT2D eigenvalue weighted by atomic mass is 9.90. The molecule has 1 aliphatic heterocycles. The van der Waals surface area contributed by atoms with Gasteiger partial charge in [0.2, 0.25) is 5.91 Å². The van der Waals surface area contributed by atoms with Crippen LogP contribution in [0.25, 0.3) is 0 Å². The van der Waals surface area contributed by atoms with Crippen LogP contribution in [0.3, 0.4) is 0 Å². The Morgan fingerprint density at radius 3 is 3.04 bits per heavy atom. The van der Waals surface area contributed by atoms with E-state index in [1.165, 1.54) is 12.8 Å². The van der Waals surface area contributed by atoms with Crippen LogP contribution >= 0.6 is 0 Å². The lowest BCUT2D eigenvalue weighted by molar-refractivity contribution is -0.119. The molecule has 138 valence electrons. The fraction of sp³-hybridized carbons (Fsp3) is 0.500. The highest BCUT2D eigenvalue weighted by molar-refractivity contribution is 5.93. The zero-order chi connectivity index (χ0) is 17.9. The first-order valence-corrected chi connectivity index (χ1v) is 9.36. The number of ether oxygens (including phenoxy) is 1. The summed E-state index contributed by atoms with van der Waals surface area (Å²) >= 11 is 0. The van der Waals surface area contributed by atoms with E-state index in [-0.39, 0.29) is 17.7 Å². The maximum Gasteiger partial charge on any atom is 0.229 e. The number of aromatic nitrogens is 2. The molecule has 1 amide bonds. The van der Waals surface area contributed by atoms with Gasteiger partial charge in [0.1, 0.15) is 0 Å². The summed E-state index contributed by atoms with van der Waals surface area (Å²) in [5, 5.41) is 10.7. The summed E-state index contributed by atoms with van der Waals surface area (Å²) in [5.41, 5.74) is 3.04. The first-order chi connectivity index (χ1) is 12.7. The fourth-order valence-electron chi connectivity index (χ4n) is 3.54. The molecule has 0 bridgehead atoms. The minimum absolute atomic E-state index is 0.0555. The van der Waals surface area contributed by atoms with Crippen molar-refractivity contribution in [3.63, 3.8) is 0 Å². The van der Waals surface area contributed by atoms with Crippen molar-refractivity contribution >= 4 is 11.6 Å². The topological polar surface area (TPSA) is 68.2 Å². The monoisotopic (exact) mass is 354 g/mol. The highest BCUT2D eigenvalue weighted by atomic mass is 16.5. The Kier molecular flexibility index (Phi) is 5.04. The van der Waals surface area contributed by atoms with Crippen molar-refractivity contribution in [2.45, 2.75) is 25.4 Å². The van der Waals surface area contributed by atoms with E-state index in [4.69, 9.17) is 4.74 Å². The number of hydrogen-bond acceptors (Lipinski definition) is 4. The average Bonchev–Trinajstić information content (AvgIpc) is 3.14. The van der Waals surface area contributed by atoms with Gasteiger partial charge in [0.25, 0.3) is 0 Å². The summed E-state index contributed by atoms with van der Waals surface area (Å²) in [4.78, 5) is 12.8. The maximum atomic E-state index is 12.8. The van der Waals surface area contributed by atoms with Gasteiger partial charge in [-0.15, -0.1) is 0 Å². The lowest BCUT2D eigenvalue weighted by Crippen LogP contribution is -2.28. The molecule has 6 heteroatoms. The van der Waals surface area contributed by atoms with E-state index < -0.39 is 0 Å². The van der Waals surface area contributed by atoms with E-state index in [0.29, 0.717) is 13.2 Å². The number of anilines is 1. The van der Waals surface area contributed by atoms with Crippen LogP contribution in [0.4, 0.5) is 5.69 Å². The Bertz CT molecular complexity index is 769. The van der Waals surface area contributed by atoms with Gasteiger partial charge in [-0.3, -0.25) is 9.48 Å². The zero-order valence-corrected chi connectivity index (χ0v) is 15.1. The number of nitrogens with zero attached hydrogens (tertiary/aromatic N) is 2. The van der Waals surface area contributed by atoms with E-state index in [1.54, 1.807) is 4.68 Å². The molecule has 2 heterocycles. The normalized spacial score (nSPS) is 22.5. The van der Waals surface area contributed by atoms with Gasteiger partial charge in [0.15, 0.2) is 0 Å². The van der Waals surface area contributed by atoms with Crippen LogP contribution in [0.5, 0.6) is 0 Å². The van der Waals surface area contributed by atoms with E-state index in [0.717, 1.165) is 35.9 Å². The van der Waals surface area contributed by atoms with Crippen LogP contribution in [0.2, 0.25) is 0 Å². The highest BCUT2D eigenvalue weighted by Crippen LogP contribution is 2.30. The predicted octanol–water partition coefficient (Wildman–Crippen LogP) is 2.29. The number of rotatable bonds is 7. The molecule has 0 spiro atoms. The number of amides is 1. The van der Waals surface area contributed by atoms with Gasteiger partial charge >= 0.3 is 0 Å². The minimum atomic E-state index is -0.0889. The Labute approximate surface area is 153 Å². The molecule has 2 aliphatic rings. The van der Waals surface area contributed by atoms with Crippen molar-refractivity contribution in [3.05, 3.63) is 47.8 Å². The Morgan fingerprint density at radius 1 is 1.38 bits per heavy atom. The highest BCUT2D eigenvalue weighted by Gasteiger charge is 2.34. The summed E-state index contributed by atoms with van der Waals surface area (Å²) in [5.74, 6) is 0.889. The summed E-state index contributed by atoms with van der Waals surface area (Å²) in [6.07, 6.45) is 6.44. The molecule has 6 nitrogen and oxygen atoms in total. The molecule has 26 heavy (non-hydrogen) atoms. The minimum Gasteiger partial charge on any atom is -0.376 e. The van der Waals surface area contributed by atoms with E-state index in [2.05, 4.69) is 15.7 Å². The fourth-order valence-corrected chi connectivity index (χ4v) is 3.54. The SMILES string of the molecule is Cn1cc([C@H]2CNC[C@@H]2C(=O)Nc2cccc(COCC3CC3)c2)cn1. The molecule has 1 aliphatic carbocycles. The van der Waals surface area contributed by atoms with Crippen molar-refractivity contribution in [2.24, 2.45) is 18.9 Å². The summed E-state index contributed by atoms with van der Waals surface area (Å²) in [7, 11) is 1.90. The van der Waals surface area contributed by atoms with Crippen molar-refractivity contribution in [2.75, 3.05) is 25.0 Å². The van der Waals surface area contributed by atoms with Crippen LogP contribution < -0.4 is 10.6 Å². The van der Waals surface area contributed by atoms with Gasteiger partial charge in [0, 0.05) is 44.5 Å². The number of carbonyl (C=O) groups excluding carboxylic acids is 1. The Morgan fingerprint density at radius 2 is 2.27 bits per heavy atom. The van der Waals surface area contributed by atoms with Crippen LogP contribution in [0, 0.1) is 11.8 Å². The van der Waals surface area contributed by atoms with Gasteiger partial charge in [-0.05, 0) is 42.0 Å². The van der Waals surface area contributed by atoms with E-state index >= 15 is 0 Å². The smallest absolute Gasteiger partial charge is 0.229 e. The van der Waals surface area contributed by atoms with Gasteiger partial charge in [-0.2, -0.15) is 5.10 Å². The number of nitrogens with one attached hydrogen (secondary N) is 2. The molecule has 1 aromatic heterocycles. The number of aryl methyl sites for hydroxylation is 1. The van der Waals surface area contributed by atoms with E-state index in [1.807, 2.05) is 43.7 Å². The second kappa shape index (κ2) is 7.60. The van der Waals surface area contributed by atoms with Crippen molar-refractivity contribution in [3.8, 4) is 0 Å². The Hall–Kier alpha value is -2.18. The number of benzene rings is 1. The molecule has 1 saturated heterocycles. The molecule has 0 unspecified atom stereocenters. The molecule has 0 radical (unpaired) electrons. The summed E-state index contributed by atoms with van der Waals surface area (Å²) < 4.78 is 7.53. The molecule has 4 rings (SSSR count). The third kappa shape index (κ3) is 4.14. The van der Waals surface area contributed by atoms with Gasteiger partial charge in [0.05, 0.1) is 18.7 Å². The van der Waals surface area contributed by atoms with Gasteiger partial charge in [-0.25, -0.2) is 0 Å². The maximum absolute atomic E-state index is 12.8. The van der Waals surface area contributed by atoms with Crippen molar-refractivity contribution in [1.29, 1.82) is 0 Å². The lowest BCUT2D eigenvalue weighted by Gasteiger charge is -2.17. The van der Waals surface area contributed by atoms with Crippen LogP contribution in [0.1, 0.15) is 29.9 Å². The third-order valence-electron chi connectivity index (χ3n) is 5.22. The third-order valence-corrected chi connectivity index (χ3v) is 5.22. The van der Waals surface area contributed by atoms with Crippen molar-refractivity contribution < 1.29 is 9.53 Å². The van der Waals surface area contributed by atoms with Gasteiger partial charge < -0.3 is 15.4 Å². The van der Waals surface area contributed by atoms with Crippen LogP contribution in [0.15, 0.2) is 36.7 Å². The zero-order valence-electron chi connectivity index (χ0n) is 15.1.